The van der Waals surface area contributed by atoms with Crippen molar-refractivity contribution in [3.05, 3.63) is 36.5 Å². The van der Waals surface area contributed by atoms with Crippen LogP contribution in [0.1, 0.15) is 367 Å². The van der Waals surface area contributed by atoms with Crippen molar-refractivity contribution in [1.29, 1.82) is 0 Å². The van der Waals surface area contributed by atoms with Crippen LogP contribution in [0.3, 0.4) is 0 Å². The summed E-state index contributed by atoms with van der Waals surface area (Å²) in [4.78, 5) is 38.3. The van der Waals surface area contributed by atoms with Crippen molar-refractivity contribution in [2.24, 2.45) is 0 Å². The van der Waals surface area contributed by atoms with Crippen molar-refractivity contribution in [3.8, 4) is 0 Å². The molecule has 0 aliphatic heterocycles. The molecule has 440 valence electrons. The lowest BCUT2D eigenvalue weighted by atomic mass is 10.0. The monoisotopic (exact) mass is 1050 g/mol. The van der Waals surface area contributed by atoms with Crippen LogP contribution in [0.4, 0.5) is 0 Å². The van der Waals surface area contributed by atoms with Crippen LogP contribution in [0.5, 0.6) is 0 Å². The molecule has 1 atom stereocenters. The van der Waals surface area contributed by atoms with Gasteiger partial charge in [-0.25, -0.2) is 0 Å². The Hall–Kier alpha value is -2.37. The first-order valence-electron chi connectivity index (χ1n) is 33.5. The van der Waals surface area contributed by atoms with Gasteiger partial charge in [-0.15, -0.1) is 0 Å². The Morgan fingerprint density at radius 2 is 0.480 bits per heavy atom. The standard InChI is InChI=1S/C69H128O6/c1-4-7-10-13-16-19-22-24-26-28-30-31-32-33-34-35-36-37-39-40-42-44-47-50-53-56-59-62-68(71)74-65-66(64-73-67(70)61-58-55-52-49-46-21-18-15-12-9-6-3)75-69(72)63-60-57-54-51-48-45-43-41-38-29-27-25-23-20-17-14-11-8-5-2/h22,24,28,30,32-33,66H,4-21,23,25-27,29,31,34-65H2,1-3H3/b24-22-,30-28-,33-32-. The summed E-state index contributed by atoms with van der Waals surface area (Å²) >= 11 is 0. The smallest absolute Gasteiger partial charge is 0.306 e. The second-order valence-electron chi connectivity index (χ2n) is 22.7. The highest BCUT2D eigenvalue weighted by atomic mass is 16.6. The molecule has 0 fully saturated rings. The molecule has 0 N–H and O–H groups in total. The van der Waals surface area contributed by atoms with Crippen LogP contribution in [-0.2, 0) is 28.6 Å². The summed E-state index contributed by atoms with van der Waals surface area (Å²) < 4.78 is 16.9. The first-order chi connectivity index (χ1) is 37.0. The van der Waals surface area contributed by atoms with Gasteiger partial charge in [0.15, 0.2) is 6.10 Å². The summed E-state index contributed by atoms with van der Waals surface area (Å²) in [7, 11) is 0. The van der Waals surface area contributed by atoms with Crippen LogP contribution < -0.4 is 0 Å². The number of unbranched alkanes of at least 4 members (excludes halogenated alkanes) is 45. The van der Waals surface area contributed by atoms with E-state index in [9.17, 15) is 14.4 Å². The second kappa shape index (κ2) is 64.2. The number of carbonyl (C=O) groups is 3. The Kier molecular flexibility index (Phi) is 62.1. The fourth-order valence-electron chi connectivity index (χ4n) is 10.1. The Labute approximate surface area is 467 Å². The average molecular weight is 1050 g/mol. The third-order valence-electron chi connectivity index (χ3n) is 15.1. The van der Waals surface area contributed by atoms with E-state index in [1.807, 2.05) is 0 Å². The Morgan fingerprint density at radius 1 is 0.267 bits per heavy atom. The van der Waals surface area contributed by atoms with Crippen LogP contribution in [0.15, 0.2) is 36.5 Å². The Bertz CT molecular complexity index is 1250. The normalized spacial score (nSPS) is 12.2. The zero-order chi connectivity index (χ0) is 54.3. The van der Waals surface area contributed by atoms with Gasteiger partial charge in [0.05, 0.1) is 0 Å². The first-order valence-corrected chi connectivity index (χ1v) is 33.5. The lowest BCUT2D eigenvalue weighted by Gasteiger charge is -2.18. The molecule has 75 heavy (non-hydrogen) atoms. The fraction of sp³-hybridized carbons (Fsp3) is 0.870. The molecule has 0 aromatic carbocycles. The Morgan fingerprint density at radius 3 is 0.747 bits per heavy atom. The highest BCUT2D eigenvalue weighted by Gasteiger charge is 2.19. The molecule has 0 rings (SSSR count). The highest BCUT2D eigenvalue weighted by Crippen LogP contribution is 2.18. The molecule has 0 aromatic rings. The maximum absolute atomic E-state index is 12.9. The zero-order valence-electron chi connectivity index (χ0n) is 50.6. The molecule has 0 radical (unpaired) electrons. The van der Waals surface area contributed by atoms with E-state index in [0.717, 1.165) is 70.6 Å². The van der Waals surface area contributed by atoms with E-state index in [1.54, 1.807) is 0 Å². The Balaban J connectivity index is 4.19. The molecule has 0 heterocycles. The van der Waals surface area contributed by atoms with Crippen molar-refractivity contribution < 1.29 is 28.6 Å². The molecule has 0 saturated heterocycles. The number of rotatable bonds is 62. The van der Waals surface area contributed by atoms with Gasteiger partial charge in [0, 0.05) is 19.3 Å². The van der Waals surface area contributed by atoms with Crippen molar-refractivity contribution in [3.63, 3.8) is 0 Å². The number of ether oxygens (including phenoxy) is 3. The van der Waals surface area contributed by atoms with E-state index >= 15 is 0 Å². The second-order valence-corrected chi connectivity index (χ2v) is 22.7. The summed E-state index contributed by atoms with van der Waals surface area (Å²) in [6.07, 6.45) is 78.8. The molecule has 0 amide bonds. The van der Waals surface area contributed by atoms with Gasteiger partial charge in [-0.2, -0.15) is 0 Å². The van der Waals surface area contributed by atoms with E-state index < -0.39 is 6.10 Å². The minimum Gasteiger partial charge on any atom is -0.462 e. The molecule has 6 heteroatoms. The molecule has 0 bridgehead atoms. The van der Waals surface area contributed by atoms with E-state index in [-0.39, 0.29) is 31.1 Å². The lowest BCUT2D eigenvalue weighted by molar-refractivity contribution is -0.167. The number of carbonyl (C=O) groups excluding carboxylic acids is 3. The third kappa shape index (κ3) is 62.4. The molecular formula is C69H128O6. The molecule has 0 saturated carbocycles. The molecule has 0 spiro atoms. The largest absolute Gasteiger partial charge is 0.462 e. The van der Waals surface area contributed by atoms with Crippen molar-refractivity contribution in [2.45, 2.75) is 374 Å². The minimum atomic E-state index is -0.768. The van der Waals surface area contributed by atoms with E-state index in [4.69, 9.17) is 14.2 Å². The van der Waals surface area contributed by atoms with Gasteiger partial charge in [0.2, 0.25) is 0 Å². The van der Waals surface area contributed by atoms with Crippen LogP contribution in [0, 0.1) is 0 Å². The van der Waals surface area contributed by atoms with Gasteiger partial charge in [-0.1, -0.05) is 327 Å². The van der Waals surface area contributed by atoms with Crippen LogP contribution in [0.25, 0.3) is 0 Å². The predicted octanol–water partition coefficient (Wildman–Crippen LogP) is 22.8. The van der Waals surface area contributed by atoms with Gasteiger partial charge < -0.3 is 14.2 Å². The van der Waals surface area contributed by atoms with Crippen molar-refractivity contribution >= 4 is 17.9 Å². The summed E-state index contributed by atoms with van der Waals surface area (Å²) in [6, 6.07) is 0. The summed E-state index contributed by atoms with van der Waals surface area (Å²) in [5.74, 6) is -0.843. The number of hydrogen-bond donors (Lipinski definition) is 0. The average Bonchev–Trinajstić information content (AvgIpc) is 3.41. The van der Waals surface area contributed by atoms with Crippen LogP contribution in [0.2, 0.25) is 0 Å². The predicted molar refractivity (Wildman–Crippen MR) is 326 cm³/mol. The maximum Gasteiger partial charge on any atom is 0.306 e. The van der Waals surface area contributed by atoms with Gasteiger partial charge in [-0.05, 0) is 57.8 Å². The zero-order valence-corrected chi connectivity index (χ0v) is 50.6. The summed E-state index contributed by atoms with van der Waals surface area (Å²) in [6.45, 7) is 6.69. The molecule has 0 aliphatic carbocycles. The SMILES string of the molecule is CCCCCCC/C=C\C/C=C\C/C=C\CCCCCCCCCCCCCCC(=O)OCC(COC(=O)CCCCCCCCCCCCC)OC(=O)CCCCCCCCCCCCCCCCCCCCC. The van der Waals surface area contributed by atoms with Gasteiger partial charge in [0.25, 0.3) is 0 Å². The summed E-state index contributed by atoms with van der Waals surface area (Å²) in [5.41, 5.74) is 0. The highest BCUT2D eigenvalue weighted by molar-refractivity contribution is 5.71. The van der Waals surface area contributed by atoms with Crippen LogP contribution >= 0.6 is 0 Å². The number of esters is 3. The molecule has 6 nitrogen and oxygen atoms in total. The molecular weight excluding hydrogens is 925 g/mol. The number of hydrogen-bond acceptors (Lipinski definition) is 6. The van der Waals surface area contributed by atoms with E-state index in [1.165, 1.54) is 257 Å². The maximum atomic E-state index is 12.9. The molecule has 1 unspecified atom stereocenters. The van der Waals surface area contributed by atoms with E-state index in [0.29, 0.717) is 19.3 Å². The number of allylic oxidation sites excluding steroid dienone is 6. The van der Waals surface area contributed by atoms with Crippen molar-refractivity contribution in [1.82, 2.24) is 0 Å². The first kappa shape index (κ1) is 72.6. The lowest BCUT2D eigenvalue weighted by Crippen LogP contribution is -2.30. The fourth-order valence-corrected chi connectivity index (χ4v) is 10.1. The minimum absolute atomic E-state index is 0.0665. The van der Waals surface area contributed by atoms with Gasteiger partial charge in [0.1, 0.15) is 13.2 Å². The van der Waals surface area contributed by atoms with Crippen LogP contribution in [-0.4, -0.2) is 37.2 Å². The summed E-state index contributed by atoms with van der Waals surface area (Å²) in [5, 5.41) is 0. The third-order valence-corrected chi connectivity index (χ3v) is 15.1. The quantitative estimate of drug-likeness (QED) is 0.0261. The van der Waals surface area contributed by atoms with E-state index in [2.05, 4.69) is 57.2 Å². The topological polar surface area (TPSA) is 78.9 Å². The molecule has 0 aliphatic rings. The van der Waals surface area contributed by atoms with Crippen molar-refractivity contribution in [2.75, 3.05) is 13.2 Å². The van der Waals surface area contributed by atoms with Gasteiger partial charge in [-0.3, -0.25) is 14.4 Å². The molecule has 0 aromatic heterocycles. The van der Waals surface area contributed by atoms with Gasteiger partial charge >= 0.3 is 17.9 Å².